The number of aromatic nitrogens is 1. The van der Waals surface area contributed by atoms with Crippen LogP contribution in [-0.4, -0.2) is 29.0 Å². The molecule has 1 aromatic rings. The molecule has 1 heterocycles. The standard InChI is InChI=1S/C12H17N3O4/c1-4-8(2)10(12(16)19-3)14-11-9(15(17)18)6-5-7-13-11/h5-8,10H,4H2,1-3H3,(H,13,14)/t8-,10-/m0/s1. The van der Waals surface area contributed by atoms with Crippen LogP contribution in [-0.2, 0) is 9.53 Å². The zero-order chi connectivity index (χ0) is 14.4. The number of carbonyl (C=O) groups is 1. The highest BCUT2D eigenvalue weighted by molar-refractivity contribution is 5.80. The number of ether oxygens (including phenoxy) is 1. The van der Waals surface area contributed by atoms with Gasteiger partial charge in [0.05, 0.1) is 12.0 Å². The zero-order valence-electron chi connectivity index (χ0n) is 11.1. The predicted octanol–water partition coefficient (Wildman–Crippen LogP) is 1.99. The fraction of sp³-hybridized carbons (Fsp3) is 0.500. The summed E-state index contributed by atoms with van der Waals surface area (Å²) in [5.41, 5.74) is -0.167. The molecule has 0 bridgehead atoms. The fourth-order valence-corrected chi connectivity index (χ4v) is 1.60. The first-order valence-electron chi connectivity index (χ1n) is 5.95. The second kappa shape index (κ2) is 6.67. The third-order valence-electron chi connectivity index (χ3n) is 2.94. The molecule has 1 N–H and O–H groups in total. The van der Waals surface area contributed by atoms with Crippen LogP contribution in [0, 0.1) is 16.0 Å². The Labute approximate surface area is 111 Å². The molecule has 0 radical (unpaired) electrons. The van der Waals surface area contributed by atoms with E-state index in [2.05, 4.69) is 10.3 Å². The van der Waals surface area contributed by atoms with E-state index in [1.165, 1.54) is 25.4 Å². The summed E-state index contributed by atoms with van der Waals surface area (Å²) in [6, 6.07) is 2.14. The molecule has 0 amide bonds. The zero-order valence-corrected chi connectivity index (χ0v) is 11.1. The molecule has 0 saturated heterocycles. The van der Waals surface area contributed by atoms with Gasteiger partial charge < -0.3 is 10.1 Å². The fourth-order valence-electron chi connectivity index (χ4n) is 1.60. The Morgan fingerprint density at radius 3 is 2.84 bits per heavy atom. The summed E-state index contributed by atoms with van der Waals surface area (Å²) in [7, 11) is 1.28. The maximum Gasteiger partial charge on any atom is 0.328 e. The van der Waals surface area contributed by atoms with Crippen molar-refractivity contribution >= 4 is 17.5 Å². The van der Waals surface area contributed by atoms with Gasteiger partial charge in [0.25, 0.3) is 0 Å². The Kier molecular flexibility index (Phi) is 5.23. The average molecular weight is 267 g/mol. The van der Waals surface area contributed by atoms with Crippen molar-refractivity contribution in [3.8, 4) is 0 Å². The lowest BCUT2D eigenvalue weighted by atomic mass is 9.99. The van der Waals surface area contributed by atoms with Gasteiger partial charge in [-0.15, -0.1) is 0 Å². The number of methoxy groups -OCH3 is 1. The first kappa shape index (κ1) is 14.9. The molecule has 19 heavy (non-hydrogen) atoms. The van der Waals surface area contributed by atoms with E-state index in [9.17, 15) is 14.9 Å². The van der Waals surface area contributed by atoms with Crippen LogP contribution in [0.4, 0.5) is 11.5 Å². The lowest BCUT2D eigenvalue weighted by Crippen LogP contribution is -2.37. The number of hydrogen-bond acceptors (Lipinski definition) is 6. The molecule has 0 aliphatic heterocycles. The van der Waals surface area contributed by atoms with Gasteiger partial charge in [0.2, 0.25) is 5.82 Å². The molecule has 0 spiro atoms. The Morgan fingerprint density at radius 1 is 1.63 bits per heavy atom. The minimum absolute atomic E-state index is 0.0333. The normalized spacial score (nSPS) is 13.4. The van der Waals surface area contributed by atoms with Crippen molar-refractivity contribution < 1.29 is 14.5 Å². The average Bonchev–Trinajstić information content (AvgIpc) is 2.43. The highest BCUT2D eigenvalue weighted by Crippen LogP contribution is 2.23. The van der Waals surface area contributed by atoms with E-state index in [0.717, 1.165) is 6.42 Å². The van der Waals surface area contributed by atoms with Crippen LogP contribution in [0.1, 0.15) is 20.3 Å². The topological polar surface area (TPSA) is 94.4 Å². The highest BCUT2D eigenvalue weighted by Gasteiger charge is 2.27. The van der Waals surface area contributed by atoms with Gasteiger partial charge in [-0.3, -0.25) is 10.1 Å². The maximum absolute atomic E-state index is 11.7. The molecule has 0 fully saturated rings. The predicted molar refractivity (Wildman–Crippen MR) is 69.8 cm³/mol. The van der Waals surface area contributed by atoms with Crippen molar-refractivity contribution in [3.63, 3.8) is 0 Å². The Bertz CT molecular complexity index is 464. The van der Waals surface area contributed by atoms with E-state index in [-0.39, 0.29) is 17.4 Å². The number of nitro groups is 1. The van der Waals surface area contributed by atoms with Gasteiger partial charge in [0, 0.05) is 12.3 Å². The van der Waals surface area contributed by atoms with E-state index in [1.807, 2.05) is 13.8 Å². The number of nitrogens with zero attached hydrogens (tertiary/aromatic N) is 2. The second-order valence-corrected chi connectivity index (χ2v) is 4.16. The van der Waals surface area contributed by atoms with Gasteiger partial charge >= 0.3 is 11.7 Å². The summed E-state index contributed by atoms with van der Waals surface area (Å²) < 4.78 is 4.71. The van der Waals surface area contributed by atoms with Gasteiger partial charge in [-0.2, -0.15) is 0 Å². The smallest absolute Gasteiger partial charge is 0.328 e. The van der Waals surface area contributed by atoms with Gasteiger partial charge in [0.15, 0.2) is 0 Å². The molecule has 0 unspecified atom stereocenters. The SMILES string of the molecule is CC[C@H](C)[C@H](Nc1ncccc1[N+](=O)[O-])C(=O)OC. The van der Waals surface area contributed by atoms with E-state index in [0.29, 0.717) is 0 Å². The molecule has 2 atom stereocenters. The van der Waals surface area contributed by atoms with E-state index >= 15 is 0 Å². The highest BCUT2D eigenvalue weighted by atomic mass is 16.6. The van der Waals surface area contributed by atoms with Gasteiger partial charge in [-0.25, -0.2) is 9.78 Å². The van der Waals surface area contributed by atoms with Crippen LogP contribution in [0.25, 0.3) is 0 Å². The van der Waals surface area contributed by atoms with Crippen LogP contribution >= 0.6 is 0 Å². The molecule has 7 nitrogen and oxygen atoms in total. The summed E-state index contributed by atoms with van der Waals surface area (Å²) in [5.74, 6) is -0.424. The lowest BCUT2D eigenvalue weighted by Gasteiger charge is -2.22. The first-order chi connectivity index (χ1) is 9.01. The number of pyridine rings is 1. The van der Waals surface area contributed by atoms with E-state index < -0.39 is 16.9 Å². The van der Waals surface area contributed by atoms with Crippen molar-refractivity contribution in [2.24, 2.45) is 5.92 Å². The molecule has 1 rings (SSSR count). The molecular formula is C12H17N3O4. The van der Waals surface area contributed by atoms with Crippen LogP contribution < -0.4 is 5.32 Å². The Morgan fingerprint density at radius 2 is 2.32 bits per heavy atom. The van der Waals surface area contributed by atoms with Crippen molar-refractivity contribution in [1.29, 1.82) is 0 Å². The van der Waals surface area contributed by atoms with Crippen LogP contribution in [0.3, 0.4) is 0 Å². The van der Waals surface area contributed by atoms with Gasteiger partial charge in [0.1, 0.15) is 6.04 Å². The maximum atomic E-state index is 11.7. The van der Waals surface area contributed by atoms with Crippen molar-refractivity contribution in [1.82, 2.24) is 4.98 Å². The molecule has 0 aliphatic carbocycles. The number of anilines is 1. The van der Waals surface area contributed by atoms with Gasteiger partial charge in [-0.1, -0.05) is 20.3 Å². The minimum atomic E-state index is -0.663. The Balaban J connectivity index is 3.03. The number of hydrogen-bond donors (Lipinski definition) is 1. The Hall–Kier alpha value is -2.18. The number of rotatable bonds is 6. The van der Waals surface area contributed by atoms with E-state index in [4.69, 9.17) is 4.74 Å². The molecule has 104 valence electrons. The van der Waals surface area contributed by atoms with Crippen LogP contribution in [0.15, 0.2) is 18.3 Å². The lowest BCUT2D eigenvalue weighted by molar-refractivity contribution is -0.384. The molecule has 0 aliphatic rings. The van der Waals surface area contributed by atoms with Crippen LogP contribution in [0.2, 0.25) is 0 Å². The van der Waals surface area contributed by atoms with E-state index in [1.54, 1.807) is 0 Å². The third kappa shape index (κ3) is 3.64. The van der Waals surface area contributed by atoms with Crippen molar-refractivity contribution in [2.45, 2.75) is 26.3 Å². The van der Waals surface area contributed by atoms with Crippen molar-refractivity contribution in [2.75, 3.05) is 12.4 Å². The summed E-state index contributed by atoms with van der Waals surface area (Å²) in [6.45, 7) is 3.79. The summed E-state index contributed by atoms with van der Waals surface area (Å²) in [5, 5.41) is 13.7. The summed E-state index contributed by atoms with van der Waals surface area (Å²) in [6.07, 6.45) is 2.16. The summed E-state index contributed by atoms with van der Waals surface area (Å²) in [4.78, 5) is 26.0. The van der Waals surface area contributed by atoms with Crippen LogP contribution in [0.5, 0.6) is 0 Å². The second-order valence-electron chi connectivity index (χ2n) is 4.16. The largest absolute Gasteiger partial charge is 0.467 e. The summed E-state index contributed by atoms with van der Waals surface area (Å²) >= 11 is 0. The van der Waals surface area contributed by atoms with Gasteiger partial charge in [-0.05, 0) is 12.0 Å². The molecular weight excluding hydrogens is 250 g/mol. The first-order valence-corrected chi connectivity index (χ1v) is 5.95. The monoisotopic (exact) mass is 267 g/mol. The molecule has 1 aromatic heterocycles. The minimum Gasteiger partial charge on any atom is -0.467 e. The quantitative estimate of drug-likeness (QED) is 0.481. The number of esters is 1. The van der Waals surface area contributed by atoms with Crippen molar-refractivity contribution in [3.05, 3.63) is 28.4 Å². The molecule has 0 aromatic carbocycles. The third-order valence-corrected chi connectivity index (χ3v) is 2.94. The molecule has 7 heteroatoms. The number of nitrogens with one attached hydrogen (secondary N) is 1. The molecule has 0 saturated carbocycles. The number of carbonyl (C=O) groups excluding carboxylic acids is 1.